The lowest BCUT2D eigenvalue weighted by molar-refractivity contribution is 0.0709. The van der Waals surface area contributed by atoms with Crippen molar-refractivity contribution in [3.63, 3.8) is 0 Å². The SMILES string of the molecule is CCP(=O)(CC)c1ccc(-n2ccn(-c3c4c(nn3-c3cc(C)c(F)c(C)c3)CCN(C(=O)c3cc5cc(C6CCOCC6)ccc5n3C3(c5noc(=O)[nH]5)CC3C)C4Cl)c2=O)cc1. The summed E-state index contributed by atoms with van der Waals surface area (Å²) in [5, 5.41) is 10.8. The molecular weight excluding hydrogens is 858 g/mol. The Morgan fingerprint density at radius 1 is 0.969 bits per heavy atom. The molecule has 332 valence electrons. The first-order chi connectivity index (χ1) is 30.8. The minimum Gasteiger partial charge on any atom is -0.381 e. The number of imidazole rings is 1. The van der Waals surface area contributed by atoms with Crippen molar-refractivity contribution >= 4 is 40.9 Å². The van der Waals surface area contributed by atoms with Crippen molar-refractivity contribution in [2.24, 2.45) is 5.92 Å². The molecule has 1 aliphatic carbocycles. The van der Waals surface area contributed by atoms with Gasteiger partial charge >= 0.3 is 11.4 Å². The average molecular weight is 907 g/mol. The molecule has 2 fully saturated rings. The van der Waals surface area contributed by atoms with Gasteiger partial charge in [-0.2, -0.15) is 5.10 Å². The van der Waals surface area contributed by atoms with Crippen LogP contribution in [-0.2, 0) is 21.3 Å². The van der Waals surface area contributed by atoms with Crippen LogP contribution < -0.4 is 16.8 Å². The number of carbonyl (C=O) groups is 1. The van der Waals surface area contributed by atoms with E-state index in [0.29, 0.717) is 95.4 Å². The van der Waals surface area contributed by atoms with E-state index < -0.39 is 29.6 Å². The van der Waals surface area contributed by atoms with E-state index in [2.05, 4.69) is 22.3 Å². The quantitative estimate of drug-likeness (QED) is 0.0828. The third-order valence-corrected chi connectivity index (χ3v) is 17.6. The Bertz CT molecular complexity index is 3120. The summed E-state index contributed by atoms with van der Waals surface area (Å²) in [4.78, 5) is 46.8. The highest BCUT2D eigenvalue weighted by Gasteiger charge is 2.59. The van der Waals surface area contributed by atoms with E-state index in [-0.39, 0.29) is 24.2 Å². The van der Waals surface area contributed by atoms with Crippen molar-refractivity contribution in [2.75, 3.05) is 32.1 Å². The molecule has 64 heavy (non-hydrogen) atoms. The summed E-state index contributed by atoms with van der Waals surface area (Å²) in [6.45, 7) is 10.8. The Morgan fingerprint density at radius 2 is 1.66 bits per heavy atom. The summed E-state index contributed by atoms with van der Waals surface area (Å²) in [6, 6.07) is 18.8. The van der Waals surface area contributed by atoms with Gasteiger partial charge in [-0.05, 0) is 116 Å². The van der Waals surface area contributed by atoms with Crippen molar-refractivity contribution in [2.45, 2.75) is 77.3 Å². The number of aromatic amines is 1. The molecule has 4 aromatic heterocycles. The fourth-order valence-electron chi connectivity index (χ4n) is 10.1. The van der Waals surface area contributed by atoms with Crippen LogP contribution in [0.2, 0.25) is 0 Å². The van der Waals surface area contributed by atoms with E-state index in [9.17, 15) is 14.2 Å². The molecule has 0 bridgehead atoms. The Kier molecular flexibility index (Phi) is 10.4. The molecule has 0 radical (unpaired) electrons. The third-order valence-electron chi connectivity index (χ3n) is 13.9. The van der Waals surface area contributed by atoms with Crippen LogP contribution in [0, 0.1) is 25.6 Å². The lowest BCUT2D eigenvalue weighted by Gasteiger charge is -2.33. The summed E-state index contributed by atoms with van der Waals surface area (Å²) in [7, 11) is -2.55. The standard InChI is InChI=1S/C47H49ClFN8O6P/c1-6-64(61,7-2)35-11-9-33(10-12-35)53-18-19-55(46(53)60)42-39-36(51-57(42)34-22-27(3)40(49)28(4)23-34)14-17-54(41(39)48)43(58)38-25-32-24-31(30-15-20-62-21-16-30)8-13-37(32)56(38)47(26-29(47)5)44-50-45(59)63-52-44/h8-13,18-19,22-25,29-30,41H,6-7,14-17,20-21,26H2,1-5H3,(H,50,52,59). The highest BCUT2D eigenvalue weighted by Crippen LogP contribution is 2.56. The second-order valence-corrected chi connectivity index (χ2v) is 21.4. The molecule has 1 N–H and O–H groups in total. The number of aryl methyl sites for hydroxylation is 2. The van der Waals surface area contributed by atoms with Gasteiger partial charge in [0.25, 0.3) is 5.91 Å². The van der Waals surface area contributed by atoms with Crippen LogP contribution in [0.4, 0.5) is 4.39 Å². The number of halogens is 2. The summed E-state index contributed by atoms with van der Waals surface area (Å²) in [5.41, 5.74) is 2.89. The van der Waals surface area contributed by atoms with Crippen molar-refractivity contribution in [3.8, 4) is 17.2 Å². The number of amides is 1. The number of nitrogens with one attached hydrogen (secondary N) is 1. The number of fused-ring (bicyclic) bond motifs is 2. The summed E-state index contributed by atoms with van der Waals surface area (Å²) in [5.74, 6) is -0.417. The van der Waals surface area contributed by atoms with Gasteiger partial charge in [0.15, 0.2) is 11.6 Å². The smallest absolute Gasteiger partial charge is 0.381 e. The van der Waals surface area contributed by atoms with Gasteiger partial charge < -0.3 is 18.8 Å². The number of nitrogens with zero attached hydrogens (tertiary/aromatic N) is 7. The molecule has 3 atom stereocenters. The number of hydrogen-bond donors (Lipinski definition) is 1. The van der Waals surface area contributed by atoms with E-state index >= 15 is 9.18 Å². The first-order valence-corrected chi connectivity index (χ1v) is 24.4. The molecular formula is C47H49ClFN8O6P. The molecule has 1 saturated carbocycles. The maximum absolute atomic E-state index is 15.4. The Balaban J connectivity index is 1.10. The predicted molar refractivity (Wildman–Crippen MR) is 242 cm³/mol. The Morgan fingerprint density at radius 3 is 2.30 bits per heavy atom. The minimum atomic E-state index is -2.55. The van der Waals surface area contributed by atoms with Crippen molar-refractivity contribution < 1.29 is 23.0 Å². The van der Waals surface area contributed by atoms with Crippen LogP contribution in [-0.4, -0.2) is 76.5 Å². The average Bonchev–Trinajstić information content (AvgIpc) is 3.80. The second-order valence-electron chi connectivity index (χ2n) is 17.5. The summed E-state index contributed by atoms with van der Waals surface area (Å²) < 4.78 is 45.8. The number of hydrogen-bond acceptors (Lipinski definition) is 8. The number of H-pyrrole nitrogens is 1. The molecule has 3 unspecified atom stereocenters. The molecule has 0 spiro atoms. The molecule has 2 aliphatic heterocycles. The maximum Gasteiger partial charge on any atom is 0.438 e. The number of benzene rings is 3. The van der Waals surface area contributed by atoms with E-state index in [1.165, 1.54) is 9.13 Å². The van der Waals surface area contributed by atoms with Crippen molar-refractivity contribution in [1.29, 1.82) is 0 Å². The van der Waals surface area contributed by atoms with Crippen LogP contribution in [0.15, 0.2) is 87.2 Å². The van der Waals surface area contributed by atoms with E-state index in [1.807, 2.05) is 49.6 Å². The molecule has 1 amide bonds. The molecule has 3 aromatic carbocycles. The van der Waals surface area contributed by atoms with Crippen LogP contribution >= 0.6 is 18.7 Å². The molecule has 17 heteroatoms. The van der Waals surface area contributed by atoms with Crippen LogP contribution in [0.25, 0.3) is 28.1 Å². The van der Waals surface area contributed by atoms with Crippen molar-refractivity contribution in [1.82, 2.24) is 38.5 Å². The van der Waals surface area contributed by atoms with Gasteiger partial charge in [0.1, 0.15) is 29.7 Å². The Labute approximate surface area is 372 Å². The zero-order chi connectivity index (χ0) is 44.8. The Hall–Kier alpha value is -5.76. The summed E-state index contributed by atoms with van der Waals surface area (Å²) >= 11 is 7.57. The number of alkyl halides is 1. The fourth-order valence-corrected chi connectivity index (χ4v) is 12.4. The van der Waals surface area contributed by atoms with Crippen LogP contribution in [0.3, 0.4) is 0 Å². The second kappa shape index (κ2) is 15.7. The van der Waals surface area contributed by atoms with E-state index in [0.717, 1.165) is 34.6 Å². The van der Waals surface area contributed by atoms with Gasteiger partial charge in [0.2, 0.25) is 0 Å². The number of ether oxygens (including phenoxy) is 1. The van der Waals surface area contributed by atoms with Gasteiger partial charge in [-0.25, -0.2) is 18.7 Å². The van der Waals surface area contributed by atoms with Crippen molar-refractivity contribution in [3.05, 3.63) is 139 Å². The minimum absolute atomic E-state index is 0.00676. The number of rotatable bonds is 10. The van der Waals surface area contributed by atoms with Gasteiger partial charge in [-0.1, -0.05) is 43.6 Å². The molecule has 1 saturated heterocycles. The first kappa shape index (κ1) is 42.2. The van der Waals surface area contributed by atoms with Gasteiger partial charge in [-0.15, -0.1) is 0 Å². The topological polar surface area (TPSA) is 155 Å². The van der Waals surface area contributed by atoms with Gasteiger partial charge in [0, 0.05) is 67.1 Å². The molecule has 3 aliphatic rings. The van der Waals surface area contributed by atoms with E-state index in [1.54, 1.807) is 60.1 Å². The third kappa shape index (κ3) is 6.60. The van der Waals surface area contributed by atoms with Gasteiger partial charge in [0.05, 0.1) is 22.6 Å². The molecule has 10 rings (SSSR count). The van der Waals surface area contributed by atoms with Crippen LogP contribution in [0.1, 0.15) is 95.7 Å². The monoisotopic (exact) mass is 906 g/mol. The number of carbonyl (C=O) groups excluding carboxylic acids is 1. The highest BCUT2D eigenvalue weighted by molar-refractivity contribution is 7.71. The maximum atomic E-state index is 15.4. The van der Waals surface area contributed by atoms with Gasteiger partial charge in [-0.3, -0.25) is 23.4 Å². The highest BCUT2D eigenvalue weighted by atomic mass is 35.5. The molecule has 6 heterocycles. The molecule has 14 nitrogen and oxygen atoms in total. The largest absolute Gasteiger partial charge is 0.438 e. The lowest BCUT2D eigenvalue weighted by Crippen LogP contribution is -2.40. The van der Waals surface area contributed by atoms with Crippen LogP contribution in [0.5, 0.6) is 0 Å². The molecule has 7 aromatic rings. The zero-order valence-corrected chi connectivity index (χ0v) is 38.0. The fraction of sp³-hybridized carbons (Fsp3) is 0.383. The van der Waals surface area contributed by atoms with E-state index in [4.69, 9.17) is 26.0 Å². The number of aromatic nitrogens is 7. The predicted octanol–water partition coefficient (Wildman–Crippen LogP) is 7.84. The normalized spacial score (nSPS) is 20.3. The first-order valence-electron chi connectivity index (χ1n) is 21.9. The zero-order valence-electron chi connectivity index (χ0n) is 36.3. The summed E-state index contributed by atoms with van der Waals surface area (Å²) in [6.07, 6.45) is 7.06. The lowest BCUT2D eigenvalue weighted by atomic mass is 9.91.